The van der Waals surface area contributed by atoms with Crippen molar-refractivity contribution in [3.8, 4) is 0 Å². The summed E-state index contributed by atoms with van der Waals surface area (Å²) in [7, 11) is 0. The molecule has 0 heterocycles. The summed E-state index contributed by atoms with van der Waals surface area (Å²) >= 11 is 3.32. The summed E-state index contributed by atoms with van der Waals surface area (Å²) in [6, 6.07) is 4.81. The van der Waals surface area contributed by atoms with E-state index in [1.165, 1.54) is 18.9 Å². The first kappa shape index (κ1) is 13.8. The highest BCUT2D eigenvalue weighted by atomic mass is 79.9. The van der Waals surface area contributed by atoms with E-state index >= 15 is 0 Å². The Morgan fingerprint density at radius 2 is 1.94 bits per heavy atom. The van der Waals surface area contributed by atoms with Gasteiger partial charge < -0.3 is 5.11 Å². The summed E-state index contributed by atoms with van der Waals surface area (Å²) in [4.78, 5) is 0. The lowest BCUT2D eigenvalue weighted by Gasteiger charge is -2.19. The van der Waals surface area contributed by atoms with Crippen LogP contribution in [-0.2, 0) is 0 Å². The van der Waals surface area contributed by atoms with Gasteiger partial charge in [0, 0.05) is 10.0 Å². The highest BCUT2D eigenvalue weighted by Crippen LogP contribution is 2.34. The second-order valence-corrected chi connectivity index (χ2v) is 5.62. The van der Waals surface area contributed by atoms with E-state index in [1.54, 1.807) is 12.1 Å². The number of hydrogen-bond donors (Lipinski definition) is 1. The second-order valence-electron chi connectivity index (χ2n) is 4.77. The van der Waals surface area contributed by atoms with Crippen LogP contribution in [0.3, 0.4) is 0 Å². The summed E-state index contributed by atoms with van der Waals surface area (Å²) in [6.07, 6.45) is 7.80. The average molecular weight is 313 g/mol. The number of halogens is 2. The molecule has 18 heavy (non-hydrogen) atoms. The molecule has 1 aliphatic rings. The van der Waals surface area contributed by atoms with Crippen molar-refractivity contribution in [2.75, 3.05) is 0 Å². The maximum Gasteiger partial charge on any atom is 0.130 e. The first-order valence-electron chi connectivity index (χ1n) is 6.51. The van der Waals surface area contributed by atoms with Crippen LogP contribution in [0.15, 0.2) is 34.3 Å². The third-order valence-electron chi connectivity index (χ3n) is 3.45. The Morgan fingerprint density at radius 3 is 2.72 bits per heavy atom. The van der Waals surface area contributed by atoms with Gasteiger partial charge >= 0.3 is 0 Å². The topological polar surface area (TPSA) is 20.2 Å². The predicted octanol–water partition coefficient (Wildman–Crippen LogP) is 4.90. The summed E-state index contributed by atoms with van der Waals surface area (Å²) in [5, 5.41) is 10.4. The van der Waals surface area contributed by atoms with Gasteiger partial charge in [-0.05, 0) is 43.4 Å². The van der Waals surface area contributed by atoms with Gasteiger partial charge in [0.1, 0.15) is 11.9 Å². The molecular formula is C15H18BrFO. The fraction of sp³-hybridized carbons (Fsp3) is 0.467. The Kier molecular flexibility index (Phi) is 4.95. The lowest BCUT2D eigenvalue weighted by Crippen LogP contribution is -2.06. The van der Waals surface area contributed by atoms with E-state index in [2.05, 4.69) is 22.0 Å². The lowest BCUT2D eigenvalue weighted by molar-refractivity contribution is 0.203. The van der Waals surface area contributed by atoms with Crippen LogP contribution in [0.5, 0.6) is 0 Å². The van der Waals surface area contributed by atoms with Crippen LogP contribution in [0.1, 0.15) is 50.2 Å². The smallest absolute Gasteiger partial charge is 0.130 e. The van der Waals surface area contributed by atoms with Gasteiger partial charge in [0.15, 0.2) is 0 Å². The Labute approximate surface area is 116 Å². The average Bonchev–Trinajstić information content (AvgIpc) is 2.27. The van der Waals surface area contributed by atoms with Gasteiger partial charge in [-0.1, -0.05) is 40.9 Å². The molecule has 0 amide bonds. The normalized spacial score (nSPS) is 21.6. The molecule has 98 valence electrons. The van der Waals surface area contributed by atoms with Crippen LogP contribution >= 0.6 is 15.9 Å². The van der Waals surface area contributed by atoms with Crippen molar-refractivity contribution in [1.29, 1.82) is 0 Å². The van der Waals surface area contributed by atoms with Crippen LogP contribution in [0.25, 0.3) is 0 Å². The van der Waals surface area contributed by atoms with E-state index < -0.39 is 6.10 Å². The minimum absolute atomic E-state index is 0.347. The van der Waals surface area contributed by atoms with E-state index in [0.29, 0.717) is 10.0 Å². The minimum Gasteiger partial charge on any atom is -0.384 e. The maximum atomic E-state index is 13.8. The minimum atomic E-state index is -0.821. The van der Waals surface area contributed by atoms with Crippen molar-refractivity contribution in [1.82, 2.24) is 0 Å². The Balaban J connectivity index is 2.26. The zero-order chi connectivity index (χ0) is 13.0. The third-order valence-corrected chi connectivity index (χ3v) is 4.14. The largest absolute Gasteiger partial charge is 0.384 e. The van der Waals surface area contributed by atoms with Gasteiger partial charge in [0.05, 0.1) is 0 Å². The summed E-state index contributed by atoms with van der Waals surface area (Å²) in [5.74, 6) is -0.347. The molecule has 1 aromatic carbocycles. The molecule has 0 radical (unpaired) electrons. The van der Waals surface area contributed by atoms with Crippen molar-refractivity contribution in [3.63, 3.8) is 0 Å². The van der Waals surface area contributed by atoms with Gasteiger partial charge in [0.2, 0.25) is 0 Å². The molecule has 0 aliphatic heterocycles. The van der Waals surface area contributed by atoms with E-state index in [0.717, 1.165) is 31.3 Å². The van der Waals surface area contributed by atoms with Crippen molar-refractivity contribution >= 4 is 15.9 Å². The molecule has 1 aromatic rings. The predicted molar refractivity (Wildman–Crippen MR) is 74.8 cm³/mol. The standard InChI is InChI=1S/C15H18BrFO/c16-12-9-6-10-13(17)14(12)15(18)11-7-4-2-1-3-5-8-11/h6-7,9-10,15,18H,1-5,8H2/b11-7+. The molecule has 0 aromatic heterocycles. The van der Waals surface area contributed by atoms with Gasteiger partial charge in [-0.2, -0.15) is 0 Å². The van der Waals surface area contributed by atoms with Crippen molar-refractivity contribution in [2.45, 2.75) is 44.6 Å². The lowest BCUT2D eigenvalue weighted by atomic mass is 9.92. The summed E-state index contributed by atoms with van der Waals surface area (Å²) in [6.45, 7) is 0. The number of benzene rings is 1. The fourth-order valence-corrected chi connectivity index (χ4v) is 2.98. The first-order valence-corrected chi connectivity index (χ1v) is 7.30. The molecule has 0 bridgehead atoms. The second kappa shape index (κ2) is 6.48. The van der Waals surface area contributed by atoms with E-state index in [-0.39, 0.29) is 5.82 Å². The van der Waals surface area contributed by atoms with Crippen LogP contribution in [0, 0.1) is 5.82 Å². The van der Waals surface area contributed by atoms with Gasteiger partial charge in [-0.15, -0.1) is 0 Å². The quantitative estimate of drug-likeness (QED) is 0.770. The summed E-state index contributed by atoms with van der Waals surface area (Å²) in [5.41, 5.74) is 1.32. The van der Waals surface area contributed by atoms with Gasteiger partial charge in [0.25, 0.3) is 0 Å². The number of aliphatic hydroxyl groups excluding tert-OH is 1. The highest BCUT2D eigenvalue weighted by molar-refractivity contribution is 9.10. The van der Waals surface area contributed by atoms with E-state index in [9.17, 15) is 9.50 Å². The molecule has 0 fully saturated rings. The molecule has 1 atom stereocenters. The Morgan fingerprint density at radius 1 is 1.17 bits per heavy atom. The number of rotatable bonds is 2. The van der Waals surface area contributed by atoms with Crippen LogP contribution < -0.4 is 0 Å². The number of allylic oxidation sites excluding steroid dienone is 1. The zero-order valence-electron chi connectivity index (χ0n) is 10.3. The molecule has 1 N–H and O–H groups in total. The molecule has 1 nitrogen and oxygen atoms in total. The van der Waals surface area contributed by atoms with Gasteiger partial charge in [-0.25, -0.2) is 4.39 Å². The first-order chi connectivity index (χ1) is 8.70. The Bertz CT molecular complexity index is 422. The molecule has 1 unspecified atom stereocenters. The number of aliphatic hydroxyl groups is 1. The zero-order valence-corrected chi connectivity index (χ0v) is 11.9. The van der Waals surface area contributed by atoms with Crippen molar-refractivity contribution < 1.29 is 9.50 Å². The van der Waals surface area contributed by atoms with Gasteiger partial charge in [-0.3, -0.25) is 0 Å². The highest BCUT2D eigenvalue weighted by Gasteiger charge is 2.20. The van der Waals surface area contributed by atoms with Crippen LogP contribution in [0.4, 0.5) is 4.39 Å². The van der Waals surface area contributed by atoms with Crippen LogP contribution in [-0.4, -0.2) is 5.11 Å². The van der Waals surface area contributed by atoms with E-state index in [1.807, 2.05) is 0 Å². The third kappa shape index (κ3) is 3.21. The molecule has 1 aliphatic carbocycles. The molecule has 0 saturated carbocycles. The van der Waals surface area contributed by atoms with Crippen molar-refractivity contribution in [2.24, 2.45) is 0 Å². The van der Waals surface area contributed by atoms with Crippen molar-refractivity contribution in [3.05, 3.63) is 45.7 Å². The fourth-order valence-electron chi connectivity index (χ4n) is 2.42. The molecule has 2 rings (SSSR count). The SMILES string of the molecule is OC(/C1=C/CCCCCC1)c1c(F)cccc1Br. The molecular weight excluding hydrogens is 295 g/mol. The summed E-state index contributed by atoms with van der Waals surface area (Å²) < 4.78 is 14.5. The Hall–Kier alpha value is -0.670. The monoisotopic (exact) mass is 312 g/mol. The molecule has 0 spiro atoms. The number of hydrogen-bond acceptors (Lipinski definition) is 1. The molecule has 3 heteroatoms. The van der Waals surface area contributed by atoms with Crippen LogP contribution in [0.2, 0.25) is 0 Å². The molecule has 0 saturated heterocycles. The maximum absolute atomic E-state index is 13.8. The van der Waals surface area contributed by atoms with E-state index in [4.69, 9.17) is 0 Å².